The summed E-state index contributed by atoms with van der Waals surface area (Å²) in [6.45, 7) is 1.24. The maximum atomic E-state index is 13.0. The highest BCUT2D eigenvalue weighted by atomic mass is 32.2. The fraction of sp³-hybridized carbons (Fsp3) is 0.217. The number of halogens is 1. The smallest absolute Gasteiger partial charge is 0.123 e. The van der Waals surface area contributed by atoms with Gasteiger partial charge < -0.3 is 5.11 Å². The van der Waals surface area contributed by atoms with Gasteiger partial charge >= 0.3 is 0 Å². The van der Waals surface area contributed by atoms with Crippen molar-refractivity contribution in [3.8, 4) is 0 Å². The zero-order valence-electron chi connectivity index (χ0n) is 15.0. The lowest BCUT2D eigenvalue weighted by Crippen LogP contribution is -2.64. The molecule has 1 heterocycles. The second kappa shape index (κ2) is 7.85. The highest BCUT2D eigenvalue weighted by molar-refractivity contribution is 7.99. The molecule has 0 unspecified atom stereocenters. The summed E-state index contributed by atoms with van der Waals surface area (Å²) < 4.78 is 13.0. The Morgan fingerprint density at radius 1 is 0.852 bits per heavy atom. The van der Waals surface area contributed by atoms with Gasteiger partial charge in [-0.05, 0) is 35.4 Å². The number of benzene rings is 3. The number of likely N-dealkylation sites (tertiary alicyclic amines) is 1. The van der Waals surface area contributed by atoms with Crippen LogP contribution in [0.2, 0.25) is 0 Å². The van der Waals surface area contributed by atoms with Gasteiger partial charge in [-0.3, -0.25) is 4.90 Å². The first-order valence-corrected chi connectivity index (χ1v) is 10.1. The van der Waals surface area contributed by atoms with Crippen LogP contribution < -0.4 is 0 Å². The predicted molar refractivity (Wildman–Crippen MR) is 108 cm³/mol. The summed E-state index contributed by atoms with van der Waals surface area (Å²) >= 11 is 1.57. The van der Waals surface area contributed by atoms with E-state index in [2.05, 4.69) is 53.4 Å². The third-order valence-electron chi connectivity index (χ3n) is 4.91. The maximum absolute atomic E-state index is 13.0. The summed E-state index contributed by atoms with van der Waals surface area (Å²) in [5.74, 6) is 0.368. The molecule has 3 aromatic rings. The van der Waals surface area contributed by atoms with Gasteiger partial charge in [-0.2, -0.15) is 0 Å². The molecule has 0 bridgehead atoms. The molecule has 0 spiro atoms. The van der Waals surface area contributed by atoms with E-state index < -0.39 is 5.60 Å². The molecule has 1 aliphatic heterocycles. The molecule has 3 aromatic carbocycles. The quantitative estimate of drug-likeness (QED) is 0.625. The van der Waals surface area contributed by atoms with Crippen molar-refractivity contribution in [2.75, 3.05) is 18.8 Å². The second-order valence-corrected chi connectivity index (χ2v) is 8.14. The van der Waals surface area contributed by atoms with Crippen LogP contribution >= 0.6 is 11.8 Å². The number of rotatable bonds is 6. The third-order valence-corrected chi connectivity index (χ3v) is 6.20. The van der Waals surface area contributed by atoms with E-state index >= 15 is 0 Å². The largest absolute Gasteiger partial charge is 0.386 e. The van der Waals surface area contributed by atoms with Crippen LogP contribution in [0, 0.1) is 5.82 Å². The molecule has 0 aromatic heterocycles. The van der Waals surface area contributed by atoms with Crippen molar-refractivity contribution in [2.45, 2.75) is 16.5 Å². The highest BCUT2D eigenvalue weighted by Gasteiger charge is 2.44. The van der Waals surface area contributed by atoms with Crippen molar-refractivity contribution in [3.05, 3.63) is 102 Å². The molecule has 27 heavy (non-hydrogen) atoms. The van der Waals surface area contributed by atoms with Crippen LogP contribution in [0.5, 0.6) is 0 Å². The van der Waals surface area contributed by atoms with Gasteiger partial charge in [0.1, 0.15) is 5.82 Å². The summed E-state index contributed by atoms with van der Waals surface area (Å²) in [6, 6.07) is 27.4. The minimum absolute atomic E-state index is 0.142. The molecule has 0 atom stereocenters. The molecule has 0 saturated carbocycles. The Balaban J connectivity index is 1.45. The Morgan fingerprint density at radius 2 is 1.37 bits per heavy atom. The first-order chi connectivity index (χ1) is 13.1. The van der Waals surface area contributed by atoms with Crippen LogP contribution in [0.25, 0.3) is 0 Å². The second-order valence-electron chi connectivity index (χ2n) is 7.10. The number of hydrogen-bond donors (Lipinski definition) is 1. The zero-order valence-corrected chi connectivity index (χ0v) is 15.8. The average Bonchev–Trinajstić information content (AvgIpc) is 2.68. The molecule has 138 valence electrons. The van der Waals surface area contributed by atoms with Gasteiger partial charge in [-0.15, -0.1) is 11.8 Å². The predicted octanol–water partition coefficient (Wildman–Crippen LogP) is 4.75. The average molecular weight is 380 g/mol. The topological polar surface area (TPSA) is 23.5 Å². The van der Waals surface area contributed by atoms with E-state index in [1.54, 1.807) is 23.9 Å². The Kier molecular flexibility index (Phi) is 5.30. The molecule has 1 aliphatic rings. The van der Waals surface area contributed by atoms with Crippen molar-refractivity contribution < 1.29 is 9.50 Å². The molecule has 0 radical (unpaired) electrons. The lowest BCUT2D eigenvalue weighted by Gasteiger charge is -2.50. The van der Waals surface area contributed by atoms with Crippen molar-refractivity contribution in [2.24, 2.45) is 0 Å². The van der Waals surface area contributed by atoms with E-state index in [4.69, 9.17) is 0 Å². The van der Waals surface area contributed by atoms with Crippen LogP contribution in [-0.4, -0.2) is 34.4 Å². The number of thioether (sulfide) groups is 1. The standard InChI is InChI=1S/C23H22FNOS/c24-20-11-13-21(14-12-20)27-17-23(26)15-25(16-23)22(18-7-3-1-4-8-18)19-9-5-2-6-10-19/h1-14,22,26H,15-17H2. The molecule has 1 fully saturated rings. The van der Waals surface area contributed by atoms with Gasteiger partial charge in [-0.1, -0.05) is 60.7 Å². The van der Waals surface area contributed by atoms with Crippen LogP contribution in [0.4, 0.5) is 4.39 Å². The molecule has 0 aliphatic carbocycles. The van der Waals surface area contributed by atoms with E-state index in [1.807, 2.05) is 12.1 Å². The van der Waals surface area contributed by atoms with Crippen LogP contribution in [0.1, 0.15) is 17.2 Å². The SMILES string of the molecule is OC1(CSc2ccc(F)cc2)CN(C(c2ccccc2)c2ccccc2)C1. The van der Waals surface area contributed by atoms with Gasteiger partial charge in [0, 0.05) is 23.7 Å². The normalized spacial score (nSPS) is 16.3. The summed E-state index contributed by atoms with van der Waals surface area (Å²) in [6.07, 6.45) is 0. The molecule has 1 saturated heterocycles. The number of aliphatic hydroxyl groups is 1. The number of hydrogen-bond acceptors (Lipinski definition) is 3. The summed E-state index contributed by atoms with van der Waals surface area (Å²) in [5, 5.41) is 10.9. The van der Waals surface area contributed by atoms with E-state index in [-0.39, 0.29) is 11.9 Å². The summed E-state index contributed by atoms with van der Waals surface area (Å²) in [4.78, 5) is 3.29. The monoisotopic (exact) mass is 379 g/mol. The van der Waals surface area contributed by atoms with Crippen molar-refractivity contribution in [1.82, 2.24) is 4.90 Å². The Morgan fingerprint density at radius 3 is 1.89 bits per heavy atom. The van der Waals surface area contributed by atoms with Gasteiger partial charge in [0.25, 0.3) is 0 Å². The van der Waals surface area contributed by atoms with Crippen LogP contribution in [0.3, 0.4) is 0 Å². The van der Waals surface area contributed by atoms with Gasteiger partial charge in [0.05, 0.1) is 11.6 Å². The molecule has 4 rings (SSSR count). The fourth-order valence-corrected chi connectivity index (χ4v) is 4.56. The minimum Gasteiger partial charge on any atom is -0.386 e. The van der Waals surface area contributed by atoms with Gasteiger partial charge in [-0.25, -0.2) is 4.39 Å². The Bertz CT molecular complexity index is 824. The van der Waals surface area contributed by atoms with Crippen LogP contribution in [-0.2, 0) is 0 Å². The van der Waals surface area contributed by atoms with E-state index in [1.165, 1.54) is 23.3 Å². The highest BCUT2D eigenvalue weighted by Crippen LogP contribution is 2.38. The lowest BCUT2D eigenvalue weighted by atomic mass is 9.88. The summed E-state index contributed by atoms with van der Waals surface area (Å²) in [7, 11) is 0. The zero-order chi connectivity index (χ0) is 18.7. The van der Waals surface area contributed by atoms with Crippen LogP contribution in [0.15, 0.2) is 89.8 Å². The molecule has 2 nitrogen and oxygen atoms in total. The van der Waals surface area contributed by atoms with E-state index in [0.717, 1.165) is 4.90 Å². The molecule has 0 amide bonds. The number of nitrogens with zero attached hydrogens (tertiary/aromatic N) is 1. The van der Waals surface area contributed by atoms with Crippen molar-refractivity contribution in [3.63, 3.8) is 0 Å². The molecular weight excluding hydrogens is 357 g/mol. The lowest BCUT2D eigenvalue weighted by molar-refractivity contribution is -0.0928. The van der Waals surface area contributed by atoms with Gasteiger partial charge in [0.2, 0.25) is 0 Å². The Labute approximate surface area is 163 Å². The fourth-order valence-electron chi connectivity index (χ4n) is 3.62. The minimum atomic E-state index is -0.721. The van der Waals surface area contributed by atoms with Crippen molar-refractivity contribution in [1.29, 1.82) is 0 Å². The first-order valence-electron chi connectivity index (χ1n) is 9.08. The van der Waals surface area contributed by atoms with E-state index in [9.17, 15) is 9.50 Å². The first kappa shape index (κ1) is 18.2. The molecular formula is C23H22FNOS. The van der Waals surface area contributed by atoms with E-state index in [0.29, 0.717) is 18.8 Å². The molecule has 1 N–H and O–H groups in total. The number of β-amino-alcohol motifs (C(OH)–C–C–N with tert-alkyl or cyclic N) is 1. The van der Waals surface area contributed by atoms with Gasteiger partial charge in [0.15, 0.2) is 0 Å². The maximum Gasteiger partial charge on any atom is 0.123 e. The molecule has 4 heteroatoms. The Hall–Kier alpha value is -2.14. The summed E-state index contributed by atoms with van der Waals surface area (Å²) in [5.41, 5.74) is 1.75. The van der Waals surface area contributed by atoms with Crippen molar-refractivity contribution >= 4 is 11.8 Å². The third kappa shape index (κ3) is 4.24.